The molecule has 0 aliphatic carbocycles. The highest BCUT2D eigenvalue weighted by molar-refractivity contribution is 7.80. The molecule has 3 rings (SSSR count). The fourth-order valence-corrected chi connectivity index (χ4v) is 2.90. The molecule has 1 aliphatic heterocycles. The summed E-state index contributed by atoms with van der Waals surface area (Å²) in [6, 6.07) is 14.2. The Morgan fingerprint density at radius 3 is 2.73 bits per heavy atom. The van der Waals surface area contributed by atoms with Gasteiger partial charge in [0.15, 0.2) is 5.11 Å². The standard InChI is InChI=1S/C17H19N3OS/c1-3-18-17(22)20-15(16-10-9-12(2)21-16)11-14(19-20)13-7-5-4-6-8-13/h4-10,15H,3,11H2,1-2H3,(H,18,22). The minimum absolute atomic E-state index is 0.00968. The zero-order valence-corrected chi connectivity index (χ0v) is 13.6. The fourth-order valence-electron chi connectivity index (χ4n) is 2.59. The van der Waals surface area contributed by atoms with Crippen LogP contribution in [0.5, 0.6) is 0 Å². The van der Waals surface area contributed by atoms with Gasteiger partial charge in [0.05, 0.1) is 5.71 Å². The molecule has 0 saturated carbocycles. The van der Waals surface area contributed by atoms with Crippen LogP contribution in [0, 0.1) is 6.92 Å². The number of nitrogens with one attached hydrogen (secondary N) is 1. The van der Waals surface area contributed by atoms with E-state index in [1.165, 1.54) is 0 Å². The maximum absolute atomic E-state index is 5.81. The van der Waals surface area contributed by atoms with E-state index in [0.717, 1.165) is 35.8 Å². The summed E-state index contributed by atoms with van der Waals surface area (Å²) < 4.78 is 5.81. The van der Waals surface area contributed by atoms with Gasteiger partial charge in [-0.05, 0) is 43.8 Å². The lowest BCUT2D eigenvalue weighted by Crippen LogP contribution is -2.36. The van der Waals surface area contributed by atoms with Gasteiger partial charge in [-0.15, -0.1) is 0 Å². The van der Waals surface area contributed by atoms with E-state index >= 15 is 0 Å². The molecule has 1 atom stereocenters. The number of benzene rings is 1. The van der Waals surface area contributed by atoms with Crippen molar-refractivity contribution in [1.29, 1.82) is 0 Å². The van der Waals surface area contributed by atoms with Gasteiger partial charge in [-0.1, -0.05) is 30.3 Å². The van der Waals surface area contributed by atoms with Crippen LogP contribution in [0.4, 0.5) is 0 Å². The van der Waals surface area contributed by atoms with Crippen molar-refractivity contribution in [2.24, 2.45) is 5.10 Å². The highest BCUT2D eigenvalue weighted by Gasteiger charge is 2.33. The maximum atomic E-state index is 5.81. The SMILES string of the molecule is CCNC(=S)N1N=C(c2ccccc2)CC1c1ccc(C)o1. The molecule has 0 bridgehead atoms. The van der Waals surface area contributed by atoms with Crippen LogP contribution in [-0.2, 0) is 0 Å². The predicted molar refractivity (Wildman–Crippen MR) is 91.9 cm³/mol. The first-order valence-electron chi connectivity index (χ1n) is 7.45. The van der Waals surface area contributed by atoms with E-state index in [9.17, 15) is 0 Å². The molecule has 5 heteroatoms. The van der Waals surface area contributed by atoms with Crippen LogP contribution in [-0.4, -0.2) is 22.4 Å². The Bertz CT molecular complexity index is 693. The van der Waals surface area contributed by atoms with Gasteiger partial charge in [0.2, 0.25) is 0 Å². The highest BCUT2D eigenvalue weighted by atomic mass is 32.1. The number of aryl methyl sites for hydroxylation is 1. The maximum Gasteiger partial charge on any atom is 0.190 e. The Labute approximate surface area is 135 Å². The first-order valence-corrected chi connectivity index (χ1v) is 7.86. The quantitative estimate of drug-likeness (QED) is 0.879. The molecule has 0 amide bonds. The predicted octanol–water partition coefficient (Wildman–Crippen LogP) is 3.63. The second kappa shape index (κ2) is 6.32. The largest absolute Gasteiger partial charge is 0.464 e. The van der Waals surface area contributed by atoms with Gasteiger partial charge in [0, 0.05) is 13.0 Å². The van der Waals surface area contributed by atoms with Crippen molar-refractivity contribution in [3.8, 4) is 0 Å². The van der Waals surface area contributed by atoms with Crippen molar-refractivity contribution < 1.29 is 4.42 Å². The van der Waals surface area contributed by atoms with E-state index < -0.39 is 0 Å². The zero-order valence-electron chi connectivity index (χ0n) is 12.7. The number of hydrogen-bond acceptors (Lipinski definition) is 3. The van der Waals surface area contributed by atoms with E-state index in [4.69, 9.17) is 21.7 Å². The van der Waals surface area contributed by atoms with E-state index in [1.54, 1.807) is 0 Å². The van der Waals surface area contributed by atoms with Crippen LogP contribution >= 0.6 is 12.2 Å². The summed E-state index contributed by atoms with van der Waals surface area (Å²) in [6.07, 6.45) is 0.780. The topological polar surface area (TPSA) is 40.8 Å². The van der Waals surface area contributed by atoms with Gasteiger partial charge in [-0.2, -0.15) is 5.10 Å². The molecule has 2 aromatic rings. The summed E-state index contributed by atoms with van der Waals surface area (Å²) in [5.41, 5.74) is 2.15. The van der Waals surface area contributed by atoms with Crippen LogP contribution in [0.25, 0.3) is 0 Å². The lowest BCUT2D eigenvalue weighted by atomic mass is 10.0. The third kappa shape index (κ3) is 2.90. The second-order valence-electron chi connectivity index (χ2n) is 5.26. The highest BCUT2D eigenvalue weighted by Crippen LogP contribution is 2.33. The van der Waals surface area contributed by atoms with Crippen molar-refractivity contribution in [3.05, 3.63) is 59.5 Å². The van der Waals surface area contributed by atoms with Crippen LogP contribution in [0.2, 0.25) is 0 Å². The van der Waals surface area contributed by atoms with Crippen molar-refractivity contribution >= 4 is 23.0 Å². The summed E-state index contributed by atoms with van der Waals surface area (Å²) in [5, 5.41) is 10.4. The molecule has 4 nitrogen and oxygen atoms in total. The smallest absolute Gasteiger partial charge is 0.190 e. The molecule has 2 heterocycles. The number of thiocarbonyl (C=S) groups is 1. The Morgan fingerprint density at radius 1 is 1.32 bits per heavy atom. The van der Waals surface area contributed by atoms with E-state index in [2.05, 4.69) is 17.4 Å². The van der Waals surface area contributed by atoms with Crippen LogP contribution in [0.15, 0.2) is 52.0 Å². The first-order chi connectivity index (χ1) is 10.7. The number of hydrazone groups is 1. The normalized spacial score (nSPS) is 17.5. The van der Waals surface area contributed by atoms with E-state index in [-0.39, 0.29) is 6.04 Å². The molecule has 0 fully saturated rings. The van der Waals surface area contributed by atoms with Gasteiger partial charge in [0.25, 0.3) is 0 Å². The zero-order chi connectivity index (χ0) is 15.5. The summed E-state index contributed by atoms with van der Waals surface area (Å²) >= 11 is 5.47. The first kappa shape index (κ1) is 14.8. The van der Waals surface area contributed by atoms with Gasteiger partial charge in [0.1, 0.15) is 17.6 Å². The van der Waals surface area contributed by atoms with Gasteiger partial charge >= 0.3 is 0 Å². The number of furan rings is 1. The van der Waals surface area contributed by atoms with Crippen molar-refractivity contribution in [2.75, 3.05) is 6.54 Å². The number of rotatable bonds is 3. The Kier molecular flexibility index (Phi) is 4.24. The Balaban J connectivity index is 1.92. The van der Waals surface area contributed by atoms with E-state index in [1.807, 2.05) is 49.2 Å². The van der Waals surface area contributed by atoms with Crippen LogP contribution < -0.4 is 5.32 Å². The summed E-state index contributed by atoms with van der Waals surface area (Å²) in [4.78, 5) is 0. The minimum atomic E-state index is 0.00968. The minimum Gasteiger partial charge on any atom is -0.464 e. The number of nitrogens with zero attached hydrogens (tertiary/aromatic N) is 2. The summed E-state index contributed by atoms with van der Waals surface area (Å²) in [7, 11) is 0. The lowest BCUT2D eigenvalue weighted by Gasteiger charge is -2.22. The third-order valence-electron chi connectivity index (χ3n) is 3.64. The van der Waals surface area contributed by atoms with Gasteiger partial charge in [-0.3, -0.25) is 0 Å². The van der Waals surface area contributed by atoms with Crippen LogP contribution in [0.3, 0.4) is 0 Å². The average Bonchev–Trinajstić information content (AvgIpc) is 3.14. The molecule has 1 aromatic carbocycles. The molecule has 1 N–H and O–H groups in total. The van der Waals surface area contributed by atoms with E-state index in [0.29, 0.717) is 5.11 Å². The summed E-state index contributed by atoms with van der Waals surface area (Å²) in [6.45, 7) is 4.75. The summed E-state index contributed by atoms with van der Waals surface area (Å²) in [5.74, 6) is 1.80. The molecule has 1 aliphatic rings. The van der Waals surface area contributed by atoms with Gasteiger partial charge in [-0.25, -0.2) is 5.01 Å². The monoisotopic (exact) mass is 313 g/mol. The molecule has 0 saturated heterocycles. The van der Waals surface area contributed by atoms with Gasteiger partial charge < -0.3 is 9.73 Å². The lowest BCUT2D eigenvalue weighted by molar-refractivity contribution is 0.306. The molecule has 1 aromatic heterocycles. The third-order valence-corrected chi connectivity index (χ3v) is 3.97. The second-order valence-corrected chi connectivity index (χ2v) is 5.65. The van der Waals surface area contributed by atoms with Crippen LogP contribution in [0.1, 0.15) is 36.5 Å². The molecule has 1 unspecified atom stereocenters. The average molecular weight is 313 g/mol. The molecular formula is C17H19N3OS. The van der Waals surface area contributed by atoms with Crippen molar-refractivity contribution in [1.82, 2.24) is 10.3 Å². The molecule has 0 radical (unpaired) electrons. The molecular weight excluding hydrogens is 294 g/mol. The fraction of sp³-hybridized carbons (Fsp3) is 0.294. The number of hydrogen-bond donors (Lipinski definition) is 1. The van der Waals surface area contributed by atoms with Crippen molar-refractivity contribution in [2.45, 2.75) is 26.3 Å². The molecule has 0 spiro atoms. The van der Waals surface area contributed by atoms with Crippen molar-refractivity contribution in [3.63, 3.8) is 0 Å². The molecule has 114 valence electrons. The Hall–Kier alpha value is -2.14. The molecule has 22 heavy (non-hydrogen) atoms. The Morgan fingerprint density at radius 2 is 2.09 bits per heavy atom.